The van der Waals surface area contributed by atoms with Crippen LogP contribution in [0.5, 0.6) is 11.5 Å². The zero-order chi connectivity index (χ0) is 19.6. The standard InChI is InChI=1S/C21H25NO5/c1-15(17-7-5-4-6-8-17)13-22-20(23)14-27-21(24)12-16-9-10-18(25-2)19(11-16)26-3/h4-11,15H,12-14H2,1-3H3,(H,22,23)/t15-/m1/s1. The van der Waals surface area contributed by atoms with Crippen molar-refractivity contribution >= 4 is 11.9 Å². The molecule has 6 heteroatoms. The highest BCUT2D eigenvalue weighted by Crippen LogP contribution is 2.27. The average Bonchev–Trinajstić information content (AvgIpc) is 2.70. The second-order valence-corrected chi connectivity index (χ2v) is 6.14. The van der Waals surface area contributed by atoms with E-state index in [2.05, 4.69) is 5.32 Å². The number of carbonyl (C=O) groups excluding carboxylic acids is 2. The van der Waals surface area contributed by atoms with Crippen LogP contribution in [0.2, 0.25) is 0 Å². The van der Waals surface area contributed by atoms with Crippen LogP contribution in [-0.4, -0.2) is 39.2 Å². The molecule has 2 aromatic carbocycles. The molecule has 0 radical (unpaired) electrons. The Morgan fingerprint density at radius 3 is 2.37 bits per heavy atom. The summed E-state index contributed by atoms with van der Waals surface area (Å²) in [5.74, 6) is 0.501. The molecule has 1 amide bonds. The first-order chi connectivity index (χ1) is 13.0. The summed E-state index contributed by atoms with van der Waals surface area (Å²) in [6, 6.07) is 15.1. The molecule has 2 aromatic rings. The molecular formula is C21H25NO5. The number of ether oxygens (including phenoxy) is 3. The fourth-order valence-corrected chi connectivity index (χ4v) is 2.57. The monoisotopic (exact) mass is 371 g/mol. The molecule has 6 nitrogen and oxygen atoms in total. The van der Waals surface area contributed by atoms with Gasteiger partial charge in [-0.15, -0.1) is 0 Å². The number of hydrogen-bond acceptors (Lipinski definition) is 5. The van der Waals surface area contributed by atoms with Gasteiger partial charge in [-0.2, -0.15) is 0 Å². The highest BCUT2D eigenvalue weighted by atomic mass is 16.5. The Hall–Kier alpha value is -3.02. The van der Waals surface area contributed by atoms with Gasteiger partial charge in [-0.05, 0) is 29.2 Å². The smallest absolute Gasteiger partial charge is 0.310 e. The van der Waals surface area contributed by atoms with Crippen molar-refractivity contribution in [3.05, 3.63) is 59.7 Å². The van der Waals surface area contributed by atoms with Gasteiger partial charge in [-0.1, -0.05) is 43.3 Å². The molecule has 0 unspecified atom stereocenters. The van der Waals surface area contributed by atoms with Crippen LogP contribution in [-0.2, 0) is 20.7 Å². The first-order valence-corrected chi connectivity index (χ1v) is 8.71. The van der Waals surface area contributed by atoms with E-state index in [0.29, 0.717) is 18.0 Å². The van der Waals surface area contributed by atoms with E-state index in [1.54, 1.807) is 25.3 Å². The van der Waals surface area contributed by atoms with E-state index in [9.17, 15) is 9.59 Å². The predicted octanol–water partition coefficient (Wildman–Crippen LogP) is 2.71. The van der Waals surface area contributed by atoms with Crippen molar-refractivity contribution < 1.29 is 23.8 Å². The van der Waals surface area contributed by atoms with Crippen LogP contribution in [0.1, 0.15) is 24.0 Å². The van der Waals surface area contributed by atoms with Crippen molar-refractivity contribution in [3.8, 4) is 11.5 Å². The molecular weight excluding hydrogens is 346 g/mol. The summed E-state index contributed by atoms with van der Waals surface area (Å²) in [7, 11) is 3.07. The third kappa shape index (κ3) is 6.33. The van der Waals surface area contributed by atoms with Gasteiger partial charge in [-0.25, -0.2) is 0 Å². The van der Waals surface area contributed by atoms with E-state index in [1.165, 1.54) is 7.11 Å². The summed E-state index contributed by atoms with van der Waals surface area (Å²) in [6.45, 7) is 2.21. The molecule has 0 aliphatic rings. The lowest BCUT2D eigenvalue weighted by molar-refractivity contribution is -0.147. The molecule has 0 aromatic heterocycles. The average molecular weight is 371 g/mol. The topological polar surface area (TPSA) is 73.9 Å². The first kappa shape index (κ1) is 20.3. The van der Waals surface area contributed by atoms with E-state index in [4.69, 9.17) is 14.2 Å². The maximum absolute atomic E-state index is 12.0. The molecule has 0 saturated heterocycles. The Bertz CT molecular complexity index is 760. The van der Waals surface area contributed by atoms with Crippen LogP contribution in [0.25, 0.3) is 0 Å². The van der Waals surface area contributed by atoms with Crippen molar-refractivity contribution in [2.24, 2.45) is 0 Å². The maximum Gasteiger partial charge on any atom is 0.310 e. The maximum atomic E-state index is 12.0. The minimum absolute atomic E-state index is 0.0497. The SMILES string of the molecule is COc1ccc(CC(=O)OCC(=O)NC[C@@H](C)c2ccccc2)cc1OC. The molecule has 27 heavy (non-hydrogen) atoms. The number of esters is 1. The number of carbonyl (C=O) groups is 2. The fourth-order valence-electron chi connectivity index (χ4n) is 2.57. The van der Waals surface area contributed by atoms with Gasteiger partial charge in [0.2, 0.25) is 0 Å². The van der Waals surface area contributed by atoms with Crippen LogP contribution in [0.4, 0.5) is 0 Å². The van der Waals surface area contributed by atoms with Gasteiger partial charge in [0.25, 0.3) is 5.91 Å². The van der Waals surface area contributed by atoms with E-state index in [0.717, 1.165) is 11.1 Å². The minimum atomic E-state index is -0.478. The second-order valence-electron chi connectivity index (χ2n) is 6.14. The van der Waals surface area contributed by atoms with Crippen molar-refractivity contribution in [1.29, 1.82) is 0 Å². The lowest BCUT2D eigenvalue weighted by Gasteiger charge is -2.13. The lowest BCUT2D eigenvalue weighted by Crippen LogP contribution is -2.31. The Morgan fingerprint density at radius 2 is 1.70 bits per heavy atom. The summed E-state index contributed by atoms with van der Waals surface area (Å²) in [5, 5.41) is 2.78. The second kappa shape index (κ2) is 10.2. The van der Waals surface area contributed by atoms with Gasteiger partial charge in [0.1, 0.15) is 0 Å². The number of rotatable bonds is 9. The van der Waals surface area contributed by atoms with Crippen molar-refractivity contribution in [1.82, 2.24) is 5.32 Å². The lowest BCUT2D eigenvalue weighted by atomic mass is 10.0. The number of amides is 1. The summed E-state index contributed by atoms with van der Waals surface area (Å²) in [5.41, 5.74) is 1.86. The quantitative estimate of drug-likeness (QED) is 0.686. The molecule has 0 fully saturated rings. The molecule has 0 spiro atoms. The first-order valence-electron chi connectivity index (χ1n) is 8.71. The Labute approximate surface area is 159 Å². The van der Waals surface area contributed by atoms with E-state index >= 15 is 0 Å². The Morgan fingerprint density at radius 1 is 1.00 bits per heavy atom. The van der Waals surface area contributed by atoms with Crippen LogP contribution in [0, 0.1) is 0 Å². The van der Waals surface area contributed by atoms with Crippen molar-refractivity contribution in [2.75, 3.05) is 27.4 Å². The minimum Gasteiger partial charge on any atom is -0.493 e. The Balaban J connectivity index is 1.75. The zero-order valence-corrected chi connectivity index (χ0v) is 15.9. The Kier molecular flexibility index (Phi) is 7.67. The van der Waals surface area contributed by atoms with Crippen molar-refractivity contribution in [2.45, 2.75) is 19.3 Å². The van der Waals surface area contributed by atoms with E-state index in [1.807, 2.05) is 37.3 Å². The molecule has 144 valence electrons. The number of methoxy groups -OCH3 is 2. The molecule has 2 rings (SSSR count). The molecule has 0 aliphatic carbocycles. The van der Waals surface area contributed by atoms with Crippen LogP contribution in [0.3, 0.4) is 0 Å². The van der Waals surface area contributed by atoms with Crippen molar-refractivity contribution in [3.63, 3.8) is 0 Å². The summed E-state index contributed by atoms with van der Waals surface area (Å²) >= 11 is 0. The normalized spacial score (nSPS) is 11.4. The highest BCUT2D eigenvalue weighted by molar-refractivity contribution is 5.81. The predicted molar refractivity (Wildman–Crippen MR) is 102 cm³/mol. The zero-order valence-electron chi connectivity index (χ0n) is 15.9. The molecule has 1 N–H and O–H groups in total. The van der Waals surface area contributed by atoms with E-state index in [-0.39, 0.29) is 24.9 Å². The van der Waals surface area contributed by atoms with Gasteiger partial charge >= 0.3 is 5.97 Å². The van der Waals surface area contributed by atoms with Gasteiger partial charge in [-0.3, -0.25) is 9.59 Å². The van der Waals surface area contributed by atoms with Crippen LogP contribution in [0.15, 0.2) is 48.5 Å². The number of hydrogen-bond donors (Lipinski definition) is 1. The summed E-state index contributed by atoms with van der Waals surface area (Å²) in [6.07, 6.45) is 0.0497. The van der Waals surface area contributed by atoms with Gasteiger partial charge < -0.3 is 19.5 Å². The fraction of sp³-hybridized carbons (Fsp3) is 0.333. The molecule has 0 saturated carbocycles. The van der Waals surface area contributed by atoms with Crippen LogP contribution < -0.4 is 14.8 Å². The molecule has 0 bridgehead atoms. The third-order valence-corrected chi connectivity index (χ3v) is 4.13. The van der Waals surface area contributed by atoms with Gasteiger partial charge in [0, 0.05) is 6.54 Å². The largest absolute Gasteiger partial charge is 0.493 e. The molecule has 0 heterocycles. The highest BCUT2D eigenvalue weighted by Gasteiger charge is 2.12. The number of benzene rings is 2. The third-order valence-electron chi connectivity index (χ3n) is 4.13. The number of nitrogens with one attached hydrogen (secondary N) is 1. The summed E-state index contributed by atoms with van der Waals surface area (Å²) < 4.78 is 15.4. The summed E-state index contributed by atoms with van der Waals surface area (Å²) in [4.78, 5) is 23.9. The van der Waals surface area contributed by atoms with Crippen LogP contribution >= 0.6 is 0 Å². The molecule has 1 atom stereocenters. The van der Waals surface area contributed by atoms with Gasteiger partial charge in [0.05, 0.1) is 20.6 Å². The van der Waals surface area contributed by atoms with Gasteiger partial charge in [0.15, 0.2) is 18.1 Å². The molecule has 0 aliphatic heterocycles. The van der Waals surface area contributed by atoms with E-state index < -0.39 is 5.97 Å².